The van der Waals surface area contributed by atoms with Crippen LogP contribution < -0.4 is 25.9 Å². The molecule has 1 amide bonds. The van der Waals surface area contributed by atoms with Gasteiger partial charge in [-0.15, -0.1) is 11.3 Å². The third-order valence-electron chi connectivity index (χ3n) is 4.11. The number of amides is 1. The molecule has 10 heteroatoms. The van der Waals surface area contributed by atoms with Crippen LogP contribution in [0.5, 0.6) is 11.5 Å². The minimum Gasteiger partial charge on any atom is -0.493 e. The Morgan fingerprint density at radius 2 is 2.10 bits per heavy atom. The van der Waals surface area contributed by atoms with Crippen molar-refractivity contribution in [2.24, 2.45) is 5.10 Å². The number of nitrogen functional groups attached to an aromatic ring is 1. The lowest BCUT2D eigenvalue weighted by Gasteiger charge is -2.13. The molecule has 0 unspecified atom stereocenters. The molecular weight excluding hydrogens is 482 g/mol. The third-order valence-corrected chi connectivity index (χ3v) is 5.56. The van der Waals surface area contributed by atoms with E-state index in [2.05, 4.69) is 36.8 Å². The number of ether oxygens (including phenoxy) is 2. The van der Waals surface area contributed by atoms with Gasteiger partial charge < -0.3 is 20.5 Å². The summed E-state index contributed by atoms with van der Waals surface area (Å²) in [4.78, 5) is 16.2. The SMILES string of the molecule is COc1cc(C=NNc2nc(N)cs2)c(Br)cc1OCC(=O)NCCc1ccccc1. The van der Waals surface area contributed by atoms with Crippen molar-refractivity contribution in [3.05, 3.63) is 63.4 Å². The first-order valence-electron chi connectivity index (χ1n) is 9.36. The predicted molar refractivity (Wildman–Crippen MR) is 127 cm³/mol. The number of hydrogen-bond acceptors (Lipinski definition) is 8. The summed E-state index contributed by atoms with van der Waals surface area (Å²) in [5, 5.41) is 9.32. The minimum atomic E-state index is -0.202. The van der Waals surface area contributed by atoms with Crippen molar-refractivity contribution in [2.45, 2.75) is 6.42 Å². The second kappa shape index (κ2) is 11.3. The van der Waals surface area contributed by atoms with Crippen LogP contribution in [-0.4, -0.2) is 37.4 Å². The van der Waals surface area contributed by atoms with Gasteiger partial charge in [0.15, 0.2) is 18.1 Å². The highest BCUT2D eigenvalue weighted by Crippen LogP contribution is 2.33. The lowest BCUT2D eigenvalue weighted by atomic mass is 10.1. The normalized spacial score (nSPS) is 10.8. The molecule has 0 radical (unpaired) electrons. The summed E-state index contributed by atoms with van der Waals surface area (Å²) in [5.41, 5.74) is 10.3. The molecule has 0 bridgehead atoms. The number of hydrazone groups is 1. The molecule has 0 aliphatic carbocycles. The van der Waals surface area contributed by atoms with Gasteiger partial charge in [0, 0.05) is 22.0 Å². The van der Waals surface area contributed by atoms with Gasteiger partial charge in [0.2, 0.25) is 5.13 Å². The van der Waals surface area contributed by atoms with Crippen molar-refractivity contribution in [3.63, 3.8) is 0 Å². The Balaban J connectivity index is 1.53. The average molecular weight is 504 g/mol. The number of thiazole rings is 1. The Labute approximate surface area is 192 Å². The first-order chi connectivity index (χ1) is 15.0. The number of hydrogen-bond donors (Lipinski definition) is 3. The second-order valence-electron chi connectivity index (χ2n) is 6.35. The van der Waals surface area contributed by atoms with Gasteiger partial charge in [-0.25, -0.2) is 4.98 Å². The van der Waals surface area contributed by atoms with Crippen LogP contribution in [-0.2, 0) is 11.2 Å². The Morgan fingerprint density at radius 1 is 1.29 bits per heavy atom. The summed E-state index contributed by atoms with van der Waals surface area (Å²) in [5.74, 6) is 1.17. The largest absolute Gasteiger partial charge is 0.493 e. The summed E-state index contributed by atoms with van der Waals surface area (Å²) in [6, 6.07) is 13.5. The maximum absolute atomic E-state index is 12.1. The number of methoxy groups -OCH3 is 1. The van der Waals surface area contributed by atoms with Crippen molar-refractivity contribution in [2.75, 3.05) is 31.4 Å². The zero-order valence-electron chi connectivity index (χ0n) is 16.8. The molecule has 0 aliphatic heterocycles. The number of rotatable bonds is 10. The molecule has 0 fully saturated rings. The number of nitrogens with one attached hydrogen (secondary N) is 2. The van der Waals surface area contributed by atoms with Gasteiger partial charge in [-0.1, -0.05) is 30.3 Å². The van der Waals surface area contributed by atoms with Gasteiger partial charge >= 0.3 is 0 Å². The first kappa shape index (κ1) is 22.6. The highest BCUT2D eigenvalue weighted by molar-refractivity contribution is 9.10. The Morgan fingerprint density at radius 3 is 2.81 bits per heavy atom. The first-order valence-corrected chi connectivity index (χ1v) is 11.0. The quantitative estimate of drug-likeness (QED) is 0.287. The maximum atomic E-state index is 12.1. The van der Waals surface area contributed by atoms with Crippen LogP contribution in [0, 0.1) is 0 Å². The van der Waals surface area contributed by atoms with Crippen molar-refractivity contribution in [3.8, 4) is 11.5 Å². The van der Waals surface area contributed by atoms with E-state index < -0.39 is 0 Å². The number of benzene rings is 2. The van der Waals surface area contributed by atoms with E-state index in [1.807, 2.05) is 30.3 Å². The highest BCUT2D eigenvalue weighted by Gasteiger charge is 2.11. The second-order valence-corrected chi connectivity index (χ2v) is 8.06. The van der Waals surface area contributed by atoms with Gasteiger partial charge in [0.25, 0.3) is 5.91 Å². The van der Waals surface area contributed by atoms with Gasteiger partial charge in [0.1, 0.15) is 5.82 Å². The summed E-state index contributed by atoms with van der Waals surface area (Å²) >= 11 is 4.84. The molecule has 1 heterocycles. The number of carbonyl (C=O) groups is 1. The van der Waals surface area contributed by atoms with Crippen LogP contribution in [0.2, 0.25) is 0 Å². The fraction of sp³-hybridized carbons (Fsp3) is 0.190. The van der Waals surface area contributed by atoms with Crippen molar-refractivity contribution < 1.29 is 14.3 Å². The van der Waals surface area contributed by atoms with Gasteiger partial charge in [-0.3, -0.25) is 10.2 Å². The molecule has 0 spiro atoms. The average Bonchev–Trinajstić information content (AvgIpc) is 3.19. The molecule has 0 saturated heterocycles. The summed E-state index contributed by atoms with van der Waals surface area (Å²) in [6.07, 6.45) is 2.38. The summed E-state index contributed by atoms with van der Waals surface area (Å²) < 4.78 is 11.8. The Bertz CT molecular complexity index is 1040. The van der Waals surface area contributed by atoms with E-state index in [1.165, 1.54) is 24.0 Å². The molecule has 8 nitrogen and oxygen atoms in total. The van der Waals surface area contributed by atoms with Crippen LogP contribution in [0.3, 0.4) is 0 Å². The number of nitrogens with two attached hydrogens (primary N) is 1. The zero-order valence-corrected chi connectivity index (χ0v) is 19.2. The number of halogens is 1. The van der Waals surface area contributed by atoms with E-state index in [-0.39, 0.29) is 12.5 Å². The maximum Gasteiger partial charge on any atom is 0.257 e. The van der Waals surface area contributed by atoms with Crippen molar-refractivity contribution in [1.29, 1.82) is 0 Å². The molecule has 1 aromatic heterocycles. The third kappa shape index (κ3) is 6.97. The van der Waals surface area contributed by atoms with Crippen LogP contribution in [0.4, 0.5) is 10.9 Å². The highest BCUT2D eigenvalue weighted by atomic mass is 79.9. The van der Waals surface area contributed by atoms with E-state index in [9.17, 15) is 4.79 Å². The molecule has 4 N–H and O–H groups in total. The fourth-order valence-electron chi connectivity index (χ4n) is 2.60. The minimum absolute atomic E-state index is 0.113. The molecule has 3 rings (SSSR count). The predicted octanol–water partition coefficient (Wildman–Crippen LogP) is 3.68. The monoisotopic (exact) mass is 503 g/mol. The van der Waals surface area contributed by atoms with Crippen molar-refractivity contribution >= 4 is 50.3 Å². The van der Waals surface area contributed by atoms with E-state index in [1.54, 1.807) is 23.7 Å². The fourth-order valence-corrected chi connectivity index (χ4v) is 3.58. The van der Waals surface area contributed by atoms with E-state index in [0.29, 0.717) is 29.0 Å². The number of nitrogens with zero attached hydrogens (tertiary/aromatic N) is 2. The summed E-state index contributed by atoms with van der Waals surface area (Å²) in [6.45, 7) is 0.429. The number of aromatic nitrogens is 1. The number of anilines is 2. The van der Waals surface area contributed by atoms with Gasteiger partial charge in [-0.2, -0.15) is 5.10 Å². The van der Waals surface area contributed by atoms with Crippen LogP contribution >= 0.6 is 27.3 Å². The zero-order chi connectivity index (χ0) is 22.1. The van der Waals surface area contributed by atoms with Crippen molar-refractivity contribution in [1.82, 2.24) is 10.3 Å². The van der Waals surface area contributed by atoms with Crippen LogP contribution in [0.25, 0.3) is 0 Å². The Hall–Kier alpha value is -3.11. The lowest BCUT2D eigenvalue weighted by molar-refractivity contribution is -0.123. The molecule has 0 atom stereocenters. The van der Waals surface area contributed by atoms with E-state index in [0.717, 1.165) is 16.5 Å². The van der Waals surface area contributed by atoms with Crippen LogP contribution in [0.1, 0.15) is 11.1 Å². The molecule has 2 aromatic carbocycles. The topological polar surface area (TPSA) is 111 Å². The number of carbonyl (C=O) groups excluding carboxylic acids is 1. The smallest absolute Gasteiger partial charge is 0.257 e. The Kier molecular flexibility index (Phi) is 8.25. The van der Waals surface area contributed by atoms with Gasteiger partial charge in [0.05, 0.1) is 13.3 Å². The molecular formula is C21H22BrN5O3S. The molecule has 0 aliphatic rings. The molecule has 162 valence electrons. The lowest BCUT2D eigenvalue weighted by Crippen LogP contribution is -2.30. The molecule has 0 saturated carbocycles. The molecule has 31 heavy (non-hydrogen) atoms. The van der Waals surface area contributed by atoms with E-state index >= 15 is 0 Å². The summed E-state index contributed by atoms with van der Waals surface area (Å²) in [7, 11) is 1.54. The van der Waals surface area contributed by atoms with Gasteiger partial charge in [-0.05, 0) is 40.0 Å². The standard InChI is InChI=1S/C21H22BrN5O3S/c1-29-17-9-15(11-25-27-21-26-19(23)13-31-21)16(22)10-18(17)30-12-20(28)24-8-7-14-5-3-2-4-6-14/h2-6,9-11,13H,7-8,12,23H2,1H3,(H,24,28)(H,26,27). The van der Waals surface area contributed by atoms with E-state index in [4.69, 9.17) is 15.2 Å². The molecule has 3 aromatic rings. The van der Waals surface area contributed by atoms with Crippen LogP contribution in [0.15, 0.2) is 57.4 Å².